The monoisotopic (exact) mass is 469 g/mol. The van der Waals surface area contributed by atoms with Gasteiger partial charge in [-0.05, 0) is 42.8 Å². The van der Waals surface area contributed by atoms with Gasteiger partial charge >= 0.3 is 0 Å². The van der Waals surface area contributed by atoms with Crippen molar-refractivity contribution in [1.29, 1.82) is 0 Å². The molecule has 30 heavy (non-hydrogen) atoms. The molecule has 0 saturated heterocycles. The summed E-state index contributed by atoms with van der Waals surface area (Å²) in [6, 6.07) is 11.0. The Morgan fingerprint density at radius 2 is 1.90 bits per heavy atom. The van der Waals surface area contributed by atoms with Crippen LogP contribution in [0.15, 0.2) is 57.0 Å². The molecule has 0 radical (unpaired) electrons. The lowest BCUT2D eigenvalue weighted by molar-refractivity contribution is 0.445. The summed E-state index contributed by atoms with van der Waals surface area (Å²) in [6.45, 7) is 6.27. The SMILES string of the molecule is CCN(CC)S(=O)(=O)c1cccc(-c2nnc(SC(C)c3ccc(F)c(Cl)c3)o2)c1. The van der Waals surface area contributed by atoms with Crippen LogP contribution in [0, 0.1) is 5.82 Å². The lowest BCUT2D eigenvalue weighted by atomic mass is 10.2. The van der Waals surface area contributed by atoms with Gasteiger partial charge in [0.05, 0.1) is 9.92 Å². The number of nitrogens with zero attached hydrogens (tertiary/aromatic N) is 3. The first-order valence-corrected chi connectivity index (χ1v) is 12.0. The summed E-state index contributed by atoms with van der Waals surface area (Å²) in [7, 11) is -3.59. The Labute approximate surface area is 184 Å². The molecule has 0 spiro atoms. The van der Waals surface area contributed by atoms with Crippen LogP contribution >= 0.6 is 23.4 Å². The predicted molar refractivity (Wildman–Crippen MR) is 116 cm³/mol. The first-order valence-electron chi connectivity index (χ1n) is 9.32. The van der Waals surface area contributed by atoms with Gasteiger partial charge < -0.3 is 4.42 Å². The van der Waals surface area contributed by atoms with E-state index in [4.69, 9.17) is 16.0 Å². The third-order valence-corrected chi connectivity index (χ3v) is 7.85. The number of hydrogen-bond acceptors (Lipinski definition) is 6. The van der Waals surface area contributed by atoms with Gasteiger partial charge in [0, 0.05) is 23.9 Å². The second-order valence-electron chi connectivity index (χ2n) is 6.42. The fraction of sp³-hybridized carbons (Fsp3) is 0.300. The van der Waals surface area contributed by atoms with Crippen molar-refractivity contribution < 1.29 is 17.2 Å². The Hall–Kier alpha value is -1.94. The number of rotatable bonds is 8. The molecule has 1 heterocycles. The van der Waals surface area contributed by atoms with Crippen molar-refractivity contribution in [2.24, 2.45) is 0 Å². The van der Waals surface area contributed by atoms with Gasteiger partial charge in [0.15, 0.2) is 0 Å². The van der Waals surface area contributed by atoms with Gasteiger partial charge in [0.2, 0.25) is 15.9 Å². The van der Waals surface area contributed by atoms with Gasteiger partial charge in [-0.2, -0.15) is 4.31 Å². The van der Waals surface area contributed by atoms with Gasteiger partial charge in [-0.15, -0.1) is 10.2 Å². The molecule has 0 aliphatic heterocycles. The van der Waals surface area contributed by atoms with E-state index in [-0.39, 0.29) is 21.1 Å². The highest BCUT2D eigenvalue weighted by atomic mass is 35.5. The summed E-state index contributed by atoms with van der Waals surface area (Å²) in [5, 5.41) is 8.34. The van der Waals surface area contributed by atoms with E-state index in [2.05, 4.69) is 10.2 Å². The molecule has 10 heteroatoms. The second kappa shape index (κ2) is 9.47. The topological polar surface area (TPSA) is 76.3 Å². The normalized spacial score (nSPS) is 13.0. The number of hydrogen-bond donors (Lipinski definition) is 0. The first kappa shape index (κ1) is 22.7. The van der Waals surface area contributed by atoms with E-state index in [1.165, 1.54) is 28.2 Å². The summed E-state index contributed by atoms with van der Waals surface area (Å²) in [5.74, 6) is -0.254. The van der Waals surface area contributed by atoms with Crippen molar-refractivity contribution in [2.75, 3.05) is 13.1 Å². The lowest BCUT2D eigenvalue weighted by Gasteiger charge is -2.18. The molecule has 0 saturated carbocycles. The summed E-state index contributed by atoms with van der Waals surface area (Å²) in [5.41, 5.74) is 1.33. The maximum absolute atomic E-state index is 13.4. The van der Waals surface area contributed by atoms with Crippen LogP contribution in [0.2, 0.25) is 5.02 Å². The molecule has 6 nitrogen and oxygen atoms in total. The molecule has 1 atom stereocenters. The third kappa shape index (κ3) is 4.85. The molecule has 0 amide bonds. The maximum Gasteiger partial charge on any atom is 0.277 e. The summed E-state index contributed by atoms with van der Waals surface area (Å²) in [6.07, 6.45) is 0. The molecular formula is C20H21ClFN3O3S2. The smallest absolute Gasteiger partial charge is 0.277 e. The zero-order valence-corrected chi connectivity index (χ0v) is 19.1. The molecule has 0 aliphatic carbocycles. The highest BCUT2D eigenvalue weighted by molar-refractivity contribution is 7.99. The molecule has 0 aliphatic rings. The predicted octanol–water partition coefficient (Wildman–Crippen LogP) is 5.41. The molecule has 0 N–H and O–H groups in total. The molecular weight excluding hydrogens is 449 g/mol. The zero-order valence-electron chi connectivity index (χ0n) is 16.7. The highest BCUT2D eigenvalue weighted by Gasteiger charge is 2.23. The summed E-state index contributed by atoms with van der Waals surface area (Å²) < 4.78 is 46.0. The van der Waals surface area contributed by atoms with Gasteiger partial charge in [0.25, 0.3) is 5.22 Å². The second-order valence-corrected chi connectivity index (χ2v) is 10.1. The maximum atomic E-state index is 13.4. The van der Waals surface area contributed by atoms with Gasteiger partial charge in [0.1, 0.15) is 5.82 Å². The molecule has 3 rings (SSSR count). The van der Waals surface area contributed by atoms with E-state index < -0.39 is 15.8 Å². The number of benzene rings is 2. The van der Waals surface area contributed by atoms with Crippen molar-refractivity contribution in [1.82, 2.24) is 14.5 Å². The Morgan fingerprint density at radius 1 is 1.17 bits per heavy atom. The standard InChI is InChI=1S/C20H21ClFN3O3S2/c1-4-25(5-2)30(26,27)16-8-6-7-15(11-16)19-23-24-20(28-19)29-13(3)14-9-10-18(22)17(21)12-14/h6-13H,4-5H2,1-3H3. The average Bonchev–Trinajstić information content (AvgIpc) is 3.19. The molecule has 3 aromatic rings. The van der Waals surface area contributed by atoms with Crippen molar-refractivity contribution in [2.45, 2.75) is 36.1 Å². The van der Waals surface area contributed by atoms with E-state index in [0.29, 0.717) is 23.9 Å². The van der Waals surface area contributed by atoms with Gasteiger partial charge in [-0.1, -0.05) is 49.3 Å². The Kier molecular flexibility index (Phi) is 7.18. The Bertz CT molecular complexity index is 1130. The van der Waals surface area contributed by atoms with Crippen molar-refractivity contribution in [3.8, 4) is 11.5 Å². The van der Waals surface area contributed by atoms with Crippen LogP contribution in [0.5, 0.6) is 0 Å². The number of halogens is 2. The van der Waals surface area contributed by atoms with Crippen LogP contribution in [0.4, 0.5) is 4.39 Å². The Balaban J connectivity index is 1.82. The zero-order chi connectivity index (χ0) is 21.9. The quantitative estimate of drug-likeness (QED) is 0.410. The summed E-state index contributed by atoms with van der Waals surface area (Å²) >= 11 is 7.15. The fourth-order valence-corrected chi connectivity index (χ4v) is 5.35. The van der Waals surface area contributed by atoms with E-state index in [0.717, 1.165) is 5.56 Å². The molecule has 1 aromatic heterocycles. The van der Waals surface area contributed by atoms with Crippen LogP contribution in [-0.2, 0) is 10.0 Å². The number of thioether (sulfide) groups is 1. The van der Waals surface area contributed by atoms with Crippen molar-refractivity contribution in [3.63, 3.8) is 0 Å². The van der Waals surface area contributed by atoms with Crippen molar-refractivity contribution >= 4 is 33.4 Å². The van der Waals surface area contributed by atoms with Crippen LogP contribution in [0.1, 0.15) is 31.6 Å². The van der Waals surface area contributed by atoms with Crippen LogP contribution < -0.4 is 0 Å². The highest BCUT2D eigenvalue weighted by Crippen LogP contribution is 2.36. The number of aromatic nitrogens is 2. The molecule has 160 valence electrons. The third-order valence-electron chi connectivity index (χ3n) is 4.52. The van der Waals surface area contributed by atoms with E-state index in [9.17, 15) is 12.8 Å². The van der Waals surface area contributed by atoms with Crippen LogP contribution in [0.3, 0.4) is 0 Å². The van der Waals surface area contributed by atoms with Crippen LogP contribution in [-0.4, -0.2) is 36.0 Å². The Morgan fingerprint density at radius 3 is 2.57 bits per heavy atom. The largest absolute Gasteiger partial charge is 0.411 e. The van der Waals surface area contributed by atoms with Crippen LogP contribution in [0.25, 0.3) is 11.5 Å². The average molecular weight is 470 g/mol. The van der Waals surface area contributed by atoms with Crippen molar-refractivity contribution in [3.05, 3.63) is 58.9 Å². The minimum atomic E-state index is -3.59. The van der Waals surface area contributed by atoms with E-state index in [1.807, 2.05) is 6.92 Å². The molecule has 0 fully saturated rings. The van der Waals surface area contributed by atoms with E-state index in [1.54, 1.807) is 44.2 Å². The number of sulfonamides is 1. The minimum Gasteiger partial charge on any atom is -0.411 e. The lowest BCUT2D eigenvalue weighted by Crippen LogP contribution is -2.30. The molecule has 1 unspecified atom stereocenters. The minimum absolute atomic E-state index is 0.0531. The van der Waals surface area contributed by atoms with Gasteiger partial charge in [-0.3, -0.25) is 0 Å². The summed E-state index contributed by atoms with van der Waals surface area (Å²) in [4.78, 5) is 0.172. The molecule has 2 aromatic carbocycles. The molecule has 0 bridgehead atoms. The van der Waals surface area contributed by atoms with E-state index >= 15 is 0 Å². The first-order chi connectivity index (χ1) is 14.3. The van der Waals surface area contributed by atoms with Gasteiger partial charge in [-0.25, -0.2) is 12.8 Å². The fourth-order valence-electron chi connectivity index (χ4n) is 2.86.